The first-order chi connectivity index (χ1) is 11.0. The maximum Gasteiger partial charge on any atom is 0.274 e. The van der Waals surface area contributed by atoms with Crippen LogP contribution in [0.1, 0.15) is 45.4 Å². The Balaban J connectivity index is 2.16. The van der Waals surface area contributed by atoms with Gasteiger partial charge < -0.3 is 10.6 Å². The van der Waals surface area contributed by atoms with Crippen LogP contribution in [0.4, 0.5) is 5.69 Å². The predicted molar refractivity (Wildman–Crippen MR) is 90.7 cm³/mol. The molecule has 2 N–H and O–H groups in total. The van der Waals surface area contributed by atoms with Crippen LogP contribution in [0.2, 0.25) is 0 Å². The van der Waals surface area contributed by atoms with Crippen molar-refractivity contribution in [2.45, 2.75) is 27.2 Å². The molecule has 0 saturated heterocycles. The number of nitrogens with zero attached hydrogens (tertiary/aromatic N) is 1. The summed E-state index contributed by atoms with van der Waals surface area (Å²) in [7, 11) is 0. The van der Waals surface area contributed by atoms with E-state index >= 15 is 0 Å². The molecule has 0 aliphatic carbocycles. The zero-order chi connectivity index (χ0) is 16.8. The van der Waals surface area contributed by atoms with E-state index in [1.165, 1.54) is 0 Å². The Morgan fingerprint density at radius 2 is 1.74 bits per heavy atom. The molecule has 2 rings (SSSR count). The predicted octanol–water partition coefficient (Wildman–Crippen LogP) is 3.09. The number of pyridine rings is 1. The lowest BCUT2D eigenvalue weighted by molar-refractivity contribution is 0.0948. The Labute approximate surface area is 136 Å². The molecule has 1 aromatic carbocycles. The van der Waals surface area contributed by atoms with E-state index < -0.39 is 0 Å². The third kappa shape index (κ3) is 4.39. The molecule has 0 radical (unpaired) electrons. The average molecular weight is 311 g/mol. The van der Waals surface area contributed by atoms with Crippen molar-refractivity contribution in [1.29, 1.82) is 0 Å². The van der Waals surface area contributed by atoms with E-state index in [1.807, 2.05) is 39.0 Å². The van der Waals surface area contributed by atoms with E-state index in [1.54, 1.807) is 18.2 Å². The van der Waals surface area contributed by atoms with Gasteiger partial charge in [0.1, 0.15) is 11.4 Å². The van der Waals surface area contributed by atoms with E-state index in [0.717, 1.165) is 23.2 Å². The van der Waals surface area contributed by atoms with E-state index in [9.17, 15) is 9.59 Å². The van der Waals surface area contributed by atoms with Gasteiger partial charge in [-0.1, -0.05) is 25.1 Å². The summed E-state index contributed by atoms with van der Waals surface area (Å²) >= 11 is 0. The molecule has 0 spiro atoms. The highest BCUT2D eigenvalue weighted by Gasteiger charge is 2.13. The molecule has 5 heteroatoms. The van der Waals surface area contributed by atoms with E-state index in [4.69, 9.17) is 0 Å². The Morgan fingerprint density at radius 3 is 2.43 bits per heavy atom. The number of aryl methyl sites for hydroxylation is 2. The third-order valence-corrected chi connectivity index (χ3v) is 3.39. The van der Waals surface area contributed by atoms with Gasteiger partial charge in [-0.3, -0.25) is 9.59 Å². The fourth-order valence-electron chi connectivity index (χ4n) is 2.07. The Bertz CT molecular complexity index is 726. The first-order valence-electron chi connectivity index (χ1n) is 7.65. The summed E-state index contributed by atoms with van der Waals surface area (Å²) in [6.07, 6.45) is 0.846. The summed E-state index contributed by atoms with van der Waals surface area (Å²) in [4.78, 5) is 28.4. The first-order valence-corrected chi connectivity index (χ1v) is 7.65. The fraction of sp³-hybridized carbons (Fsp3) is 0.278. The highest BCUT2D eigenvalue weighted by molar-refractivity contribution is 6.04. The van der Waals surface area contributed by atoms with E-state index in [0.29, 0.717) is 6.54 Å². The number of carbonyl (C=O) groups is 2. The maximum absolute atomic E-state index is 12.4. The molecule has 120 valence electrons. The average Bonchev–Trinajstić information content (AvgIpc) is 2.56. The van der Waals surface area contributed by atoms with Gasteiger partial charge in [-0.05, 0) is 49.6 Å². The molecule has 0 aliphatic heterocycles. The largest absolute Gasteiger partial charge is 0.351 e. The molecule has 1 heterocycles. The van der Waals surface area contributed by atoms with Crippen LogP contribution in [-0.4, -0.2) is 23.3 Å². The summed E-state index contributed by atoms with van der Waals surface area (Å²) in [5, 5.41) is 5.59. The number of amides is 2. The quantitative estimate of drug-likeness (QED) is 0.891. The Morgan fingerprint density at radius 1 is 1.04 bits per heavy atom. The number of carbonyl (C=O) groups excluding carboxylic acids is 2. The molecule has 2 amide bonds. The number of hydrogen-bond acceptors (Lipinski definition) is 3. The monoisotopic (exact) mass is 311 g/mol. The molecular weight excluding hydrogens is 290 g/mol. The van der Waals surface area contributed by atoms with Gasteiger partial charge in [-0.2, -0.15) is 0 Å². The number of nitrogens with one attached hydrogen (secondary N) is 2. The van der Waals surface area contributed by atoms with Gasteiger partial charge in [-0.15, -0.1) is 0 Å². The van der Waals surface area contributed by atoms with Crippen LogP contribution in [0, 0.1) is 13.8 Å². The maximum atomic E-state index is 12.4. The molecule has 2 aromatic rings. The first kappa shape index (κ1) is 16.7. The molecule has 0 bridgehead atoms. The number of rotatable bonds is 5. The number of aromatic nitrogens is 1. The van der Waals surface area contributed by atoms with Gasteiger partial charge in [0.15, 0.2) is 0 Å². The minimum absolute atomic E-state index is 0.218. The van der Waals surface area contributed by atoms with Gasteiger partial charge in [0.2, 0.25) is 0 Å². The van der Waals surface area contributed by atoms with Crippen LogP contribution in [-0.2, 0) is 0 Å². The topological polar surface area (TPSA) is 71.1 Å². The molecule has 1 aromatic heterocycles. The highest BCUT2D eigenvalue weighted by atomic mass is 16.2. The van der Waals surface area contributed by atoms with Crippen LogP contribution in [0.3, 0.4) is 0 Å². The lowest BCUT2D eigenvalue weighted by atomic mass is 10.1. The van der Waals surface area contributed by atoms with Gasteiger partial charge in [-0.25, -0.2) is 4.98 Å². The van der Waals surface area contributed by atoms with Crippen molar-refractivity contribution in [3.8, 4) is 0 Å². The van der Waals surface area contributed by atoms with Crippen LogP contribution < -0.4 is 10.6 Å². The van der Waals surface area contributed by atoms with Crippen LogP contribution in [0.15, 0.2) is 36.4 Å². The van der Waals surface area contributed by atoms with Crippen molar-refractivity contribution in [2.24, 2.45) is 0 Å². The van der Waals surface area contributed by atoms with Gasteiger partial charge in [0.05, 0.1) is 0 Å². The van der Waals surface area contributed by atoms with Crippen molar-refractivity contribution in [3.05, 3.63) is 58.9 Å². The van der Waals surface area contributed by atoms with Gasteiger partial charge >= 0.3 is 0 Å². The molecule has 5 nitrogen and oxygen atoms in total. The summed E-state index contributed by atoms with van der Waals surface area (Å²) in [5.74, 6) is -0.600. The molecule has 0 atom stereocenters. The Kier molecular flexibility index (Phi) is 5.46. The zero-order valence-corrected chi connectivity index (χ0v) is 13.6. The minimum Gasteiger partial charge on any atom is -0.351 e. The SMILES string of the molecule is CCCNC(=O)c1cccc(C(=O)Nc2cc(C)ccc2C)n1. The van der Waals surface area contributed by atoms with Gasteiger partial charge in [0, 0.05) is 12.2 Å². The number of hydrogen-bond donors (Lipinski definition) is 2. The highest BCUT2D eigenvalue weighted by Crippen LogP contribution is 2.17. The lowest BCUT2D eigenvalue weighted by Gasteiger charge is -2.10. The van der Waals surface area contributed by atoms with Crippen molar-refractivity contribution in [1.82, 2.24) is 10.3 Å². The summed E-state index contributed by atoms with van der Waals surface area (Å²) < 4.78 is 0. The second-order valence-corrected chi connectivity index (χ2v) is 5.44. The van der Waals surface area contributed by atoms with Gasteiger partial charge in [0.25, 0.3) is 11.8 Å². The van der Waals surface area contributed by atoms with Crippen molar-refractivity contribution < 1.29 is 9.59 Å². The zero-order valence-electron chi connectivity index (χ0n) is 13.6. The molecule has 0 fully saturated rings. The molecule has 23 heavy (non-hydrogen) atoms. The normalized spacial score (nSPS) is 10.2. The summed E-state index contributed by atoms with van der Waals surface area (Å²) in [5.41, 5.74) is 3.24. The number of benzene rings is 1. The van der Waals surface area contributed by atoms with E-state index in [2.05, 4.69) is 15.6 Å². The second kappa shape index (κ2) is 7.54. The van der Waals surface area contributed by atoms with Crippen molar-refractivity contribution in [2.75, 3.05) is 11.9 Å². The van der Waals surface area contributed by atoms with Crippen LogP contribution in [0.25, 0.3) is 0 Å². The molecule has 0 unspecified atom stereocenters. The second-order valence-electron chi connectivity index (χ2n) is 5.44. The summed E-state index contributed by atoms with van der Waals surface area (Å²) in [6, 6.07) is 10.7. The lowest BCUT2D eigenvalue weighted by Crippen LogP contribution is -2.26. The summed E-state index contributed by atoms with van der Waals surface area (Å²) in [6.45, 7) is 6.45. The molecule has 0 aliphatic rings. The van der Waals surface area contributed by atoms with Crippen molar-refractivity contribution in [3.63, 3.8) is 0 Å². The third-order valence-electron chi connectivity index (χ3n) is 3.39. The fourth-order valence-corrected chi connectivity index (χ4v) is 2.07. The van der Waals surface area contributed by atoms with Crippen molar-refractivity contribution >= 4 is 17.5 Å². The molecular formula is C18H21N3O2. The van der Waals surface area contributed by atoms with Crippen LogP contribution >= 0.6 is 0 Å². The Hall–Kier alpha value is -2.69. The number of anilines is 1. The van der Waals surface area contributed by atoms with Crippen LogP contribution in [0.5, 0.6) is 0 Å². The standard InChI is InChI=1S/C18H21N3O2/c1-4-10-19-17(22)14-6-5-7-15(20-14)18(23)21-16-11-12(2)8-9-13(16)3/h5-9,11H,4,10H2,1-3H3,(H,19,22)(H,21,23). The smallest absolute Gasteiger partial charge is 0.274 e. The van der Waals surface area contributed by atoms with E-state index in [-0.39, 0.29) is 23.2 Å². The minimum atomic E-state index is -0.330. The molecule has 0 saturated carbocycles.